The molecule has 1 fully saturated rings. The van der Waals surface area contributed by atoms with Crippen molar-refractivity contribution in [3.05, 3.63) is 23.4 Å². The van der Waals surface area contributed by atoms with Gasteiger partial charge in [-0.3, -0.25) is 0 Å². The van der Waals surface area contributed by atoms with E-state index in [1.165, 1.54) is 6.42 Å². The quantitative estimate of drug-likeness (QED) is 0.350. The van der Waals surface area contributed by atoms with Gasteiger partial charge in [-0.25, -0.2) is 4.98 Å². The van der Waals surface area contributed by atoms with Gasteiger partial charge < -0.3 is 15.7 Å². The van der Waals surface area contributed by atoms with E-state index < -0.39 is 0 Å². The molecule has 0 amide bonds. The average molecular weight is 221 g/mol. The third-order valence-corrected chi connectivity index (χ3v) is 2.67. The second-order valence-electron chi connectivity index (χ2n) is 3.99. The molecule has 1 aliphatic carbocycles. The Morgan fingerprint density at radius 1 is 1.56 bits per heavy atom. The minimum atomic E-state index is 0.0731. The molecule has 1 aromatic heterocycles. The Morgan fingerprint density at radius 2 is 2.31 bits per heavy atom. The van der Waals surface area contributed by atoms with Gasteiger partial charge in [0.15, 0.2) is 5.84 Å². The molecule has 86 valence electrons. The maximum atomic E-state index is 8.61. The Morgan fingerprint density at radius 3 is 2.88 bits per heavy atom. The third kappa shape index (κ3) is 2.24. The number of hydrogen-bond acceptors (Lipinski definition) is 4. The van der Waals surface area contributed by atoms with Crippen LogP contribution in [0.3, 0.4) is 0 Å². The van der Waals surface area contributed by atoms with E-state index in [0.717, 1.165) is 18.5 Å². The van der Waals surface area contributed by atoms with E-state index in [2.05, 4.69) is 10.1 Å². The fraction of sp³-hybridized carbons (Fsp3) is 0.455. The van der Waals surface area contributed by atoms with Crippen LogP contribution in [-0.4, -0.2) is 22.1 Å². The molecule has 0 atom stereocenters. The molecule has 2 rings (SSSR count). The third-order valence-electron chi connectivity index (χ3n) is 2.67. The zero-order valence-electron chi connectivity index (χ0n) is 9.18. The first-order chi connectivity index (χ1) is 7.69. The predicted octanol–water partition coefficient (Wildman–Crippen LogP) is 1.42. The zero-order valence-corrected chi connectivity index (χ0v) is 9.18. The van der Waals surface area contributed by atoms with E-state index in [0.29, 0.717) is 11.4 Å². The molecule has 0 saturated heterocycles. The van der Waals surface area contributed by atoms with Gasteiger partial charge in [0, 0.05) is 17.3 Å². The lowest BCUT2D eigenvalue weighted by atomic mass is 9.96. The standard InChI is InChI=1S/C11H15N3O2/c1-7-5-8(11(12)14-15)6-10(13-7)16-9-3-2-4-9/h5-6,9,15H,2-4H2,1H3,(H2,12,14). The van der Waals surface area contributed by atoms with Gasteiger partial charge in [-0.15, -0.1) is 0 Å². The molecule has 3 N–H and O–H groups in total. The van der Waals surface area contributed by atoms with Crippen LogP contribution in [0.1, 0.15) is 30.5 Å². The number of amidine groups is 1. The maximum absolute atomic E-state index is 8.61. The van der Waals surface area contributed by atoms with E-state index in [4.69, 9.17) is 15.7 Å². The summed E-state index contributed by atoms with van der Waals surface area (Å²) in [6.07, 6.45) is 3.64. The van der Waals surface area contributed by atoms with Crippen molar-refractivity contribution >= 4 is 5.84 Å². The number of rotatable bonds is 3. The first-order valence-corrected chi connectivity index (χ1v) is 5.32. The van der Waals surface area contributed by atoms with Crippen molar-refractivity contribution in [2.24, 2.45) is 10.9 Å². The molecule has 1 heterocycles. The second kappa shape index (κ2) is 4.38. The van der Waals surface area contributed by atoms with Crippen LogP contribution in [-0.2, 0) is 0 Å². The summed E-state index contributed by atoms with van der Waals surface area (Å²) in [4.78, 5) is 4.26. The summed E-state index contributed by atoms with van der Waals surface area (Å²) in [6, 6.07) is 3.45. The number of ether oxygens (including phenoxy) is 1. The molecule has 5 nitrogen and oxygen atoms in total. The van der Waals surface area contributed by atoms with Crippen molar-refractivity contribution in [3.63, 3.8) is 0 Å². The number of hydrogen-bond donors (Lipinski definition) is 2. The van der Waals surface area contributed by atoms with Crippen LogP contribution in [0.4, 0.5) is 0 Å². The molecule has 0 aliphatic heterocycles. The number of nitrogens with two attached hydrogens (primary N) is 1. The van der Waals surface area contributed by atoms with Crippen LogP contribution in [0.15, 0.2) is 17.3 Å². The Kier molecular flexibility index (Phi) is 2.94. The fourth-order valence-corrected chi connectivity index (χ4v) is 1.56. The van der Waals surface area contributed by atoms with Crippen LogP contribution >= 0.6 is 0 Å². The van der Waals surface area contributed by atoms with Crippen LogP contribution in [0, 0.1) is 6.92 Å². The smallest absolute Gasteiger partial charge is 0.214 e. The normalized spacial score (nSPS) is 16.9. The largest absolute Gasteiger partial charge is 0.474 e. The maximum Gasteiger partial charge on any atom is 0.214 e. The van der Waals surface area contributed by atoms with Crippen LogP contribution in [0.25, 0.3) is 0 Å². The molecule has 1 saturated carbocycles. The van der Waals surface area contributed by atoms with E-state index in [1.54, 1.807) is 12.1 Å². The van der Waals surface area contributed by atoms with Gasteiger partial charge in [-0.1, -0.05) is 5.16 Å². The van der Waals surface area contributed by atoms with Crippen molar-refractivity contribution in [1.29, 1.82) is 0 Å². The summed E-state index contributed by atoms with van der Waals surface area (Å²) in [5.74, 6) is 0.621. The van der Waals surface area contributed by atoms with Gasteiger partial charge in [0.2, 0.25) is 5.88 Å². The molecule has 0 unspecified atom stereocenters. The summed E-state index contributed by atoms with van der Waals surface area (Å²) in [5, 5.41) is 11.6. The van der Waals surface area contributed by atoms with Gasteiger partial charge in [0.05, 0.1) is 0 Å². The molecule has 16 heavy (non-hydrogen) atoms. The molecule has 5 heteroatoms. The van der Waals surface area contributed by atoms with Gasteiger partial charge in [0.25, 0.3) is 0 Å². The molecular formula is C11H15N3O2. The Bertz CT molecular complexity index is 414. The van der Waals surface area contributed by atoms with Gasteiger partial charge in [-0.05, 0) is 32.3 Å². The number of nitrogens with zero attached hydrogens (tertiary/aromatic N) is 2. The van der Waals surface area contributed by atoms with E-state index in [-0.39, 0.29) is 11.9 Å². The molecule has 0 spiro atoms. The highest BCUT2D eigenvalue weighted by atomic mass is 16.5. The van der Waals surface area contributed by atoms with Crippen LogP contribution in [0.2, 0.25) is 0 Å². The highest BCUT2D eigenvalue weighted by Crippen LogP contribution is 2.24. The molecule has 0 aromatic carbocycles. The van der Waals surface area contributed by atoms with Crippen LogP contribution in [0.5, 0.6) is 5.88 Å². The first kappa shape index (κ1) is 10.7. The number of aryl methyl sites for hydroxylation is 1. The highest BCUT2D eigenvalue weighted by Gasteiger charge is 2.20. The van der Waals surface area contributed by atoms with Crippen molar-refractivity contribution in [2.75, 3.05) is 0 Å². The minimum Gasteiger partial charge on any atom is -0.474 e. The van der Waals surface area contributed by atoms with E-state index in [9.17, 15) is 0 Å². The lowest BCUT2D eigenvalue weighted by Gasteiger charge is -2.25. The fourth-order valence-electron chi connectivity index (χ4n) is 1.56. The van der Waals surface area contributed by atoms with Crippen LogP contribution < -0.4 is 10.5 Å². The lowest BCUT2D eigenvalue weighted by Crippen LogP contribution is -2.25. The SMILES string of the molecule is Cc1cc(/C(N)=N/O)cc(OC2CCC2)n1. The van der Waals surface area contributed by atoms with E-state index >= 15 is 0 Å². The predicted molar refractivity (Wildman–Crippen MR) is 59.8 cm³/mol. The Labute approximate surface area is 93.9 Å². The van der Waals surface area contributed by atoms with Crippen molar-refractivity contribution in [1.82, 2.24) is 4.98 Å². The summed E-state index contributed by atoms with van der Waals surface area (Å²) in [7, 11) is 0. The molecular weight excluding hydrogens is 206 g/mol. The van der Waals surface area contributed by atoms with Gasteiger partial charge in [0.1, 0.15) is 6.10 Å². The minimum absolute atomic E-state index is 0.0731. The molecule has 1 aromatic rings. The first-order valence-electron chi connectivity index (χ1n) is 5.32. The number of pyridine rings is 1. The Hall–Kier alpha value is -1.78. The number of aromatic nitrogens is 1. The van der Waals surface area contributed by atoms with E-state index in [1.807, 2.05) is 6.92 Å². The van der Waals surface area contributed by atoms with Crippen molar-refractivity contribution in [3.8, 4) is 5.88 Å². The van der Waals surface area contributed by atoms with Crippen molar-refractivity contribution < 1.29 is 9.94 Å². The van der Waals surface area contributed by atoms with Crippen molar-refractivity contribution in [2.45, 2.75) is 32.3 Å². The Balaban J connectivity index is 2.20. The monoisotopic (exact) mass is 221 g/mol. The zero-order chi connectivity index (χ0) is 11.5. The summed E-state index contributed by atoms with van der Waals surface area (Å²) < 4.78 is 5.66. The van der Waals surface area contributed by atoms with Gasteiger partial charge >= 0.3 is 0 Å². The molecule has 0 radical (unpaired) electrons. The second-order valence-corrected chi connectivity index (χ2v) is 3.99. The topological polar surface area (TPSA) is 80.7 Å². The summed E-state index contributed by atoms with van der Waals surface area (Å²) in [5.41, 5.74) is 6.95. The highest BCUT2D eigenvalue weighted by molar-refractivity contribution is 5.97. The lowest BCUT2D eigenvalue weighted by molar-refractivity contribution is 0.114. The number of oxime groups is 1. The van der Waals surface area contributed by atoms with Gasteiger partial charge in [-0.2, -0.15) is 0 Å². The summed E-state index contributed by atoms with van der Waals surface area (Å²) in [6.45, 7) is 1.85. The average Bonchev–Trinajstić information content (AvgIpc) is 2.21. The molecule has 0 bridgehead atoms. The molecule has 1 aliphatic rings. The summed E-state index contributed by atoms with van der Waals surface area (Å²) >= 11 is 0.